The maximum atomic E-state index is 12.7. The van der Waals surface area contributed by atoms with Crippen LogP contribution >= 0.6 is 12.4 Å². The summed E-state index contributed by atoms with van der Waals surface area (Å²) in [7, 11) is 1.94. The van der Waals surface area contributed by atoms with Crippen molar-refractivity contribution in [3.05, 3.63) is 0 Å². The Hall–Kier alpha value is -0.810. The summed E-state index contributed by atoms with van der Waals surface area (Å²) >= 11 is 0. The summed E-state index contributed by atoms with van der Waals surface area (Å²) in [6.07, 6.45) is 5.42. The van der Waals surface area contributed by atoms with Crippen LogP contribution in [0.3, 0.4) is 0 Å². The number of hydrogen-bond donors (Lipinski definition) is 1. The normalized spacial score (nSPS) is 22.8. The number of amides is 2. The first-order valence-electron chi connectivity index (χ1n) is 8.38. The molecule has 128 valence electrons. The molecule has 0 radical (unpaired) electrons. The molecule has 0 bridgehead atoms. The molecule has 1 N–H and O–H groups in total. The van der Waals surface area contributed by atoms with Crippen LogP contribution in [0.25, 0.3) is 0 Å². The zero-order valence-electron chi connectivity index (χ0n) is 13.8. The maximum absolute atomic E-state index is 12.7. The van der Waals surface area contributed by atoms with Crippen molar-refractivity contribution in [1.29, 1.82) is 0 Å². The van der Waals surface area contributed by atoms with E-state index in [9.17, 15) is 9.59 Å². The fraction of sp³-hybridized carbons (Fsp3) is 0.875. The van der Waals surface area contributed by atoms with Gasteiger partial charge in [-0.1, -0.05) is 6.92 Å². The van der Waals surface area contributed by atoms with Gasteiger partial charge >= 0.3 is 0 Å². The molecule has 22 heavy (non-hydrogen) atoms. The minimum absolute atomic E-state index is 0. The van der Waals surface area contributed by atoms with Crippen LogP contribution in [0.5, 0.6) is 0 Å². The molecule has 0 aliphatic carbocycles. The number of hydrogen-bond acceptors (Lipinski definition) is 3. The highest BCUT2D eigenvalue weighted by Crippen LogP contribution is 2.22. The van der Waals surface area contributed by atoms with Crippen LogP contribution in [0.2, 0.25) is 0 Å². The van der Waals surface area contributed by atoms with Crippen LogP contribution in [0.15, 0.2) is 0 Å². The Kier molecular flexibility index (Phi) is 8.18. The predicted octanol–water partition coefficient (Wildman–Crippen LogP) is 1.66. The van der Waals surface area contributed by atoms with Gasteiger partial charge in [0.25, 0.3) is 0 Å². The van der Waals surface area contributed by atoms with Crippen molar-refractivity contribution in [1.82, 2.24) is 15.1 Å². The summed E-state index contributed by atoms with van der Waals surface area (Å²) in [6, 6.07) is 0.362. The second kappa shape index (κ2) is 9.36. The minimum atomic E-state index is -0.000517. The molecular weight excluding hydrogens is 302 g/mol. The van der Waals surface area contributed by atoms with Gasteiger partial charge < -0.3 is 15.1 Å². The zero-order valence-corrected chi connectivity index (χ0v) is 14.7. The van der Waals surface area contributed by atoms with Crippen molar-refractivity contribution in [3.63, 3.8) is 0 Å². The quantitative estimate of drug-likeness (QED) is 0.852. The Balaban J connectivity index is 0.00000242. The van der Waals surface area contributed by atoms with Gasteiger partial charge in [0.1, 0.15) is 0 Å². The molecule has 2 aliphatic heterocycles. The van der Waals surface area contributed by atoms with E-state index in [2.05, 4.69) is 5.32 Å². The predicted molar refractivity (Wildman–Crippen MR) is 90.1 cm³/mol. The highest BCUT2D eigenvalue weighted by Gasteiger charge is 2.32. The van der Waals surface area contributed by atoms with Crippen LogP contribution in [0.4, 0.5) is 0 Å². The maximum Gasteiger partial charge on any atom is 0.227 e. The molecular formula is C16H30ClN3O2. The molecule has 2 aliphatic rings. The van der Waals surface area contributed by atoms with Crippen molar-refractivity contribution in [2.45, 2.75) is 51.5 Å². The number of nitrogens with one attached hydrogen (secondary N) is 1. The summed E-state index contributed by atoms with van der Waals surface area (Å²) in [5, 5.41) is 3.33. The Morgan fingerprint density at radius 3 is 2.55 bits per heavy atom. The minimum Gasteiger partial charge on any atom is -0.342 e. The zero-order chi connectivity index (χ0) is 15.2. The van der Waals surface area contributed by atoms with Crippen molar-refractivity contribution < 1.29 is 9.59 Å². The summed E-state index contributed by atoms with van der Waals surface area (Å²) in [5.74, 6) is 0.440. The molecule has 2 amide bonds. The molecule has 0 aromatic rings. The lowest BCUT2D eigenvalue weighted by Crippen LogP contribution is -2.50. The van der Waals surface area contributed by atoms with Gasteiger partial charge in [0.15, 0.2) is 0 Å². The van der Waals surface area contributed by atoms with Crippen LogP contribution in [-0.2, 0) is 9.59 Å². The van der Waals surface area contributed by atoms with Crippen molar-refractivity contribution in [3.8, 4) is 0 Å². The summed E-state index contributed by atoms with van der Waals surface area (Å²) in [6.45, 7) is 5.45. The van der Waals surface area contributed by atoms with E-state index in [-0.39, 0.29) is 30.1 Å². The van der Waals surface area contributed by atoms with Gasteiger partial charge in [0, 0.05) is 32.6 Å². The van der Waals surface area contributed by atoms with Crippen LogP contribution in [0.1, 0.15) is 45.4 Å². The number of rotatable bonds is 4. The third-order valence-corrected chi connectivity index (χ3v) is 4.79. The standard InChI is InChI=1S/C16H29N3O2.ClH/c1-3-5-15(20)19-11-4-6-13(12-19)16(21)18(2)14-7-9-17-10-8-14;/h13-14,17H,3-12H2,1-2H3;1H. The molecule has 2 heterocycles. The molecule has 0 aromatic heterocycles. The molecule has 2 fully saturated rings. The van der Waals surface area contributed by atoms with E-state index in [1.54, 1.807) is 0 Å². The summed E-state index contributed by atoms with van der Waals surface area (Å²) in [4.78, 5) is 28.6. The van der Waals surface area contributed by atoms with Crippen molar-refractivity contribution >= 4 is 24.2 Å². The van der Waals surface area contributed by atoms with E-state index in [0.29, 0.717) is 19.0 Å². The van der Waals surface area contributed by atoms with Gasteiger partial charge in [-0.05, 0) is 45.2 Å². The number of carbonyl (C=O) groups is 2. The van der Waals surface area contributed by atoms with Gasteiger partial charge in [-0.25, -0.2) is 0 Å². The second-order valence-electron chi connectivity index (χ2n) is 6.36. The van der Waals surface area contributed by atoms with Crippen molar-refractivity contribution in [2.75, 3.05) is 33.2 Å². The lowest BCUT2D eigenvalue weighted by atomic mass is 9.94. The molecule has 6 heteroatoms. The smallest absolute Gasteiger partial charge is 0.227 e. The Bertz CT molecular complexity index is 372. The summed E-state index contributed by atoms with van der Waals surface area (Å²) in [5.41, 5.74) is 0. The van der Waals surface area contributed by atoms with Crippen LogP contribution < -0.4 is 5.32 Å². The lowest BCUT2D eigenvalue weighted by molar-refractivity contribution is -0.141. The highest BCUT2D eigenvalue weighted by molar-refractivity contribution is 5.85. The number of likely N-dealkylation sites (tertiary alicyclic amines) is 1. The van der Waals surface area contributed by atoms with E-state index in [4.69, 9.17) is 0 Å². The van der Waals surface area contributed by atoms with Gasteiger partial charge in [0.2, 0.25) is 11.8 Å². The molecule has 0 spiro atoms. The third-order valence-electron chi connectivity index (χ3n) is 4.79. The van der Waals surface area contributed by atoms with Gasteiger partial charge in [-0.15, -0.1) is 12.4 Å². The number of halogens is 1. The van der Waals surface area contributed by atoms with Crippen LogP contribution in [0, 0.1) is 5.92 Å². The van der Waals surface area contributed by atoms with E-state index < -0.39 is 0 Å². The van der Waals surface area contributed by atoms with E-state index >= 15 is 0 Å². The third kappa shape index (κ3) is 4.85. The molecule has 5 nitrogen and oxygen atoms in total. The van der Waals surface area contributed by atoms with Crippen molar-refractivity contribution in [2.24, 2.45) is 5.92 Å². The first kappa shape index (κ1) is 19.2. The Morgan fingerprint density at radius 1 is 1.23 bits per heavy atom. The molecule has 0 saturated carbocycles. The molecule has 2 saturated heterocycles. The average molecular weight is 332 g/mol. The first-order chi connectivity index (χ1) is 10.1. The average Bonchev–Trinajstić information content (AvgIpc) is 2.54. The van der Waals surface area contributed by atoms with Gasteiger partial charge in [-0.3, -0.25) is 9.59 Å². The van der Waals surface area contributed by atoms with Gasteiger partial charge in [-0.2, -0.15) is 0 Å². The monoisotopic (exact) mass is 331 g/mol. The van der Waals surface area contributed by atoms with Gasteiger partial charge in [0.05, 0.1) is 5.92 Å². The van der Waals surface area contributed by atoms with E-state index in [1.807, 2.05) is 23.8 Å². The van der Waals surface area contributed by atoms with Crippen LogP contribution in [-0.4, -0.2) is 60.9 Å². The summed E-state index contributed by atoms with van der Waals surface area (Å²) < 4.78 is 0. The number of piperidine rings is 2. The molecule has 1 unspecified atom stereocenters. The number of nitrogens with zero attached hydrogens (tertiary/aromatic N) is 2. The Morgan fingerprint density at radius 2 is 1.91 bits per heavy atom. The lowest BCUT2D eigenvalue weighted by Gasteiger charge is -2.37. The fourth-order valence-corrected chi connectivity index (χ4v) is 3.44. The van der Waals surface area contributed by atoms with E-state index in [0.717, 1.165) is 51.7 Å². The fourth-order valence-electron chi connectivity index (χ4n) is 3.44. The number of carbonyl (C=O) groups excluding carboxylic acids is 2. The largest absolute Gasteiger partial charge is 0.342 e. The second-order valence-corrected chi connectivity index (χ2v) is 6.36. The Labute approximate surface area is 140 Å². The molecule has 0 aromatic carbocycles. The highest BCUT2D eigenvalue weighted by atomic mass is 35.5. The molecule has 1 atom stereocenters. The van der Waals surface area contributed by atoms with E-state index in [1.165, 1.54) is 0 Å². The molecule has 2 rings (SSSR count). The SMILES string of the molecule is CCCC(=O)N1CCCC(C(=O)N(C)C2CCNCC2)C1.Cl. The first-order valence-corrected chi connectivity index (χ1v) is 8.38. The topological polar surface area (TPSA) is 52.7 Å².